The second-order valence-electron chi connectivity index (χ2n) is 1.12. The monoisotopic (exact) mass is 356 g/mol. The largest absolute Gasteiger partial charge is 1.00 e. The third-order valence-corrected chi connectivity index (χ3v) is 7.10. The van der Waals surface area contributed by atoms with Crippen molar-refractivity contribution in [3.05, 3.63) is 10.3 Å². The van der Waals surface area contributed by atoms with Crippen LogP contribution in [0.4, 0.5) is 4.56 Å². The van der Waals surface area contributed by atoms with Gasteiger partial charge in [-0.3, -0.25) is 0 Å². The van der Waals surface area contributed by atoms with E-state index in [4.69, 9.17) is 11.1 Å². The van der Waals surface area contributed by atoms with Gasteiger partial charge in [-0.15, -0.1) is 0 Å². The predicted octanol–water partition coefficient (Wildman–Crippen LogP) is -5.95. The van der Waals surface area contributed by atoms with Gasteiger partial charge in [0.25, 0.3) is 0 Å². The Hall–Kier alpha value is 0.979. The first-order chi connectivity index (χ1) is 3.29. The van der Waals surface area contributed by atoms with E-state index >= 15 is 0 Å². The number of rotatable bonds is 0. The molecule has 0 saturated carbocycles. The zero-order chi connectivity index (χ0) is 5.28. The molecule has 5 heteroatoms. The number of nitrogens with two attached hydrogens (primary N) is 2. The Balaban J connectivity index is 0.000000490. The molecule has 1 aromatic heterocycles. The fourth-order valence-corrected chi connectivity index (χ4v) is 4.95. The minimum atomic E-state index is 0. The van der Waals surface area contributed by atoms with Crippen molar-refractivity contribution in [2.75, 3.05) is 5.73 Å². The molecular weight excluding hydrogens is 349 g/mol. The second-order valence-corrected chi connectivity index (χ2v) is 7.43. The molecule has 0 saturated heterocycles. The van der Waals surface area contributed by atoms with Gasteiger partial charge in [0.2, 0.25) is 0 Å². The van der Waals surface area contributed by atoms with Gasteiger partial charge in [-0.05, 0) is 0 Å². The Bertz CT molecular complexity index is 203. The molecule has 0 amide bonds. The van der Waals surface area contributed by atoms with Gasteiger partial charge >= 0.3 is 51.3 Å². The summed E-state index contributed by atoms with van der Waals surface area (Å²) in [7, 11) is 0. The molecule has 4 N–H and O–H groups in total. The topological polar surface area (TPSA) is 51.6 Å². The van der Waals surface area contributed by atoms with E-state index in [0.717, 1.165) is 8.79 Å². The first-order valence-electron chi connectivity index (χ1n) is 1.73. The van der Waals surface area contributed by atoms with E-state index in [2.05, 4.69) is 0 Å². The smallest absolute Gasteiger partial charge is 1.00 e. The molecular formula is C3H5IN2Se2. The Morgan fingerprint density at radius 2 is 2.12 bits per heavy atom. The van der Waals surface area contributed by atoms with Gasteiger partial charge in [0, 0.05) is 0 Å². The van der Waals surface area contributed by atoms with Crippen molar-refractivity contribution in [3.8, 4) is 0 Å². The Kier molecular flexibility index (Phi) is 4.38. The van der Waals surface area contributed by atoms with E-state index in [9.17, 15) is 0 Å². The number of anilines is 1. The van der Waals surface area contributed by atoms with E-state index in [-0.39, 0.29) is 24.0 Å². The number of halogens is 1. The minimum Gasteiger partial charge on any atom is -1.00 e. The van der Waals surface area contributed by atoms with Crippen LogP contribution < -0.4 is 39.4 Å². The maximum absolute atomic E-state index is 5.43. The van der Waals surface area contributed by atoms with Crippen LogP contribution in [0.25, 0.3) is 0 Å². The molecule has 1 heterocycles. The van der Waals surface area contributed by atoms with E-state index in [0.29, 0.717) is 25.3 Å². The van der Waals surface area contributed by atoms with Crippen LogP contribution in [0.15, 0.2) is 6.07 Å². The molecule has 0 bridgehead atoms. The predicted molar refractivity (Wildman–Crippen MR) is 29.8 cm³/mol. The van der Waals surface area contributed by atoms with Crippen LogP contribution in [0.1, 0.15) is 0 Å². The Morgan fingerprint density at radius 3 is 2.25 bits per heavy atom. The maximum Gasteiger partial charge on any atom is -1.00 e. The summed E-state index contributed by atoms with van der Waals surface area (Å²) in [6.45, 7) is 0. The molecule has 0 atom stereocenters. The fourth-order valence-electron chi connectivity index (χ4n) is 0.285. The minimum absolute atomic E-state index is 0. The van der Waals surface area contributed by atoms with Crippen molar-refractivity contribution < 1.29 is 29.4 Å². The number of hydrogen-bond acceptors (Lipinski definition) is 1. The SMILES string of the molecule is Nc1cc(=[NH2+])[se][se]1.[I-]. The summed E-state index contributed by atoms with van der Waals surface area (Å²) < 4.78 is 2.01. The van der Waals surface area contributed by atoms with Crippen LogP contribution in [0.5, 0.6) is 0 Å². The van der Waals surface area contributed by atoms with Gasteiger partial charge in [0.15, 0.2) is 0 Å². The molecule has 0 unspecified atom stereocenters. The van der Waals surface area contributed by atoms with Gasteiger partial charge < -0.3 is 24.0 Å². The summed E-state index contributed by atoms with van der Waals surface area (Å²) in [4.78, 5) is 0. The summed E-state index contributed by atoms with van der Waals surface area (Å²) in [5, 5.41) is 5.43. The van der Waals surface area contributed by atoms with Gasteiger partial charge in [-0.25, -0.2) is 0 Å². The zero-order valence-electron chi connectivity index (χ0n) is 3.93. The third kappa shape index (κ3) is 2.51. The standard InChI is InChI=1S/C3H4N2Se2.HI/c4-2-1-3(5)7-6-2;/h1,4H,5H2;1H. The second kappa shape index (κ2) is 3.90. The van der Waals surface area contributed by atoms with Gasteiger partial charge in [0.05, 0.1) is 0 Å². The number of nitrogen functional groups attached to an aromatic ring is 1. The average molecular weight is 354 g/mol. The van der Waals surface area contributed by atoms with Crippen molar-refractivity contribution in [1.82, 2.24) is 0 Å². The number of hydrogen-bond donors (Lipinski definition) is 2. The first kappa shape index (κ1) is 8.98. The zero-order valence-corrected chi connectivity index (χ0v) is 9.51. The van der Waals surface area contributed by atoms with E-state index in [1.54, 1.807) is 0 Å². The van der Waals surface area contributed by atoms with Crippen molar-refractivity contribution in [2.45, 2.75) is 0 Å². The van der Waals surface area contributed by atoms with Gasteiger partial charge in [0.1, 0.15) is 0 Å². The van der Waals surface area contributed by atoms with E-state index in [1.165, 1.54) is 0 Å². The van der Waals surface area contributed by atoms with E-state index < -0.39 is 0 Å². The molecule has 0 radical (unpaired) electrons. The van der Waals surface area contributed by atoms with Crippen molar-refractivity contribution >= 4 is 29.8 Å². The molecule has 2 nitrogen and oxygen atoms in total. The van der Waals surface area contributed by atoms with Crippen LogP contribution in [-0.4, -0.2) is 25.3 Å². The molecule has 0 aliphatic rings. The van der Waals surface area contributed by atoms with Crippen molar-refractivity contribution in [3.63, 3.8) is 0 Å². The first-order valence-corrected chi connectivity index (χ1v) is 7.78. The molecule has 0 fully saturated rings. The molecule has 0 aliphatic carbocycles. The summed E-state index contributed by atoms with van der Waals surface area (Å²) in [5.74, 6) is 0. The normalized spacial score (nSPS) is 8.00. The molecule has 0 spiro atoms. The molecule has 0 aliphatic heterocycles. The van der Waals surface area contributed by atoms with Crippen LogP contribution in [-0.2, 0) is 0 Å². The molecule has 1 rings (SSSR count). The quantitative estimate of drug-likeness (QED) is 0.354. The van der Waals surface area contributed by atoms with Crippen LogP contribution in [0, 0.1) is 0 Å². The maximum atomic E-state index is 5.43. The van der Waals surface area contributed by atoms with Crippen LogP contribution in [0.3, 0.4) is 0 Å². The Labute approximate surface area is 74.6 Å². The molecule has 0 aromatic carbocycles. The Morgan fingerprint density at radius 1 is 1.50 bits per heavy atom. The summed E-state index contributed by atoms with van der Waals surface area (Å²) in [6, 6.07) is 1.89. The third-order valence-electron chi connectivity index (χ3n) is 0.519. The van der Waals surface area contributed by atoms with Crippen molar-refractivity contribution in [2.24, 2.45) is 0 Å². The van der Waals surface area contributed by atoms with E-state index in [1.807, 2.05) is 6.07 Å². The van der Waals surface area contributed by atoms with Crippen LogP contribution in [0.2, 0.25) is 0 Å². The van der Waals surface area contributed by atoms with Crippen molar-refractivity contribution in [1.29, 1.82) is 0 Å². The molecule has 46 valence electrons. The fraction of sp³-hybridized carbons (Fsp3) is 0. The summed E-state index contributed by atoms with van der Waals surface area (Å²) in [6.07, 6.45) is 0. The average Bonchev–Trinajstić information content (AvgIpc) is 1.87. The van der Waals surface area contributed by atoms with Gasteiger partial charge in [-0.2, -0.15) is 0 Å². The van der Waals surface area contributed by atoms with Gasteiger partial charge in [-0.1, -0.05) is 0 Å². The molecule has 8 heavy (non-hydrogen) atoms. The summed E-state index contributed by atoms with van der Waals surface area (Å²) >= 11 is 1.08. The van der Waals surface area contributed by atoms with Crippen LogP contribution >= 0.6 is 0 Å². The molecule has 1 aromatic rings. The summed E-state index contributed by atoms with van der Waals surface area (Å²) in [5.41, 5.74) is 5.43.